The Morgan fingerprint density at radius 1 is 0.480 bits per heavy atom. The van der Waals surface area contributed by atoms with E-state index in [1.54, 1.807) is 27.7 Å². The van der Waals surface area contributed by atoms with Crippen molar-refractivity contribution < 1.29 is 39.6 Å². The summed E-state index contributed by atoms with van der Waals surface area (Å²) in [6.45, 7) is 6.48. The Balaban J connectivity index is -0.0000000702. The van der Waals surface area contributed by atoms with E-state index in [-0.39, 0.29) is 11.0 Å². The Morgan fingerprint density at radius 3 is 0.600 bits per heavy atom. The van der Waals surface area contributed by atoms with Gasteiger partial charge in [-0.15, -0.1) is 0 Å². The zero-order chi connectivity index (χ0) is 20.0. The molecule has 0 unspecified atom stereocenters. The van der Waals surface area contributed by atoms with E-state index in [0.29, 0.717) is 0 Å². The molecule has 0 saturated carbocycles. The maximum absolute atomic E-state index is 9.40. The first-order valence-electron chi connectivity index (χ1n) is 6.43. The summed E-state index contributed by atoms with van der Waals surface area (Å²) in [5.41, 5.74) is 0. The van der Waals surface area contributed by atoms with Gasteiger partial charge in [0.15, 0.2) is 0 Å². The van der Waals surface area contributed by atoms with Crippen LogP contribution in [0.1, 0.15) is 27.7 Å². The van der Waals surface area contributed by atoms with Crippen molar-refractivity contribution in [2.24, 2.45) is 0 Å². The van der Waals surface area contributed by atoms with Crippen molar-refractivity contribution in [1.29, 1.82) is 0 Å². The summed E-state index contributed by atoms with van der Waals surface area (Å²) in [6, 6.07) is 0. The number of hydrogen-bond acceptors (Lipinski definition) is 8. The van der Waals surface area contributed by atoms with Crippen LogP contribution in [0, 0.1) is 0 Å². The molecule has 0 N–H and O–H groups in total. The van der Waals surface area contributed by atoms with Crippen molar-refractivity contribution in [2.75, 3.05) is 0 Å². The standard InChI is InChI=1S/4C4H6O2.Si/c4*1-2-3-4(5)6;/h4*2-3H,1H3,(H,5,6);/q;;;;+4/p-4/b4*3-2+;. The first kappa shape index (κ1) is 33.6. The van der Waals surface area contributed by atoms with E-state index < -0.39 is 23.9 Å². The van der Waals surface area contributed by atoms with Crippen LogP contribution in [0.25, 0.3) is 0 Å². The first-order chi connectivity index (χ1) is 11.1. The SMILES string of the molecule is C/C=C/C(=O)[O-].C/C=C/C(=O)[O-].C/C=C/C(=O)[O-].C/C=C/C(=O)[O-].[Si+4]. The van der Waals surface area contributed by atoms with E-state index in [4.69, 9.17) is 0 Å². The quantitative estimate of drug-likeness (QED) is 0.372. The average molecular weight is 368 g/mol. The molecule has 136 valence electrons. The van der Waals surface area contributed by atoms with Crippen LogP contribution in [0.4, 0.5) is 0 Å². The predicted molar refractivity (Wildman–Crippen MR) is 85.0 cm³/mol. The van der Waals surface area contributed by atoms with Crippen LogP contribution < -0.4 is 20.4 Å². The third kappa shape index (κ3) is 93.2. The molecule has 0 aromatic carbocycles. The monoisotopic (exact) mass is 368 g/mol. The van der Waals surface area contributed by atoms with E-state index in [2.05, 4.69) is 0 Å². The number of allylic oxidation sites excluding steroid dienone is 4. The summed E-state index contributed by atoms with van der Waals surface area (Å²) in [4.78, 5) is 37.6. The molecular formula is C16H20O8Si. The number of hydrogen-bond donors (Lipinski definition) is 0. The van der Waals surface area contributed by atoms with Gasteiger partial charge in [0, 0.05) is 0 Å². The number of carboxylic acid groups (broad SMARTS) is 4. The van der Waals surface area contributed by atoms with Crippen LogP contribution in [0.2, 0.25) is 0 Å². The Hall–Kier alpha value is -2.94. The molecule has 0 radical (unpaired) electrons. The smallest absolute Gasteiger partial charge is 0.545 e. The Bertz CT molecular complexity index is 389. The minimum Gasteiger partial charge on any atom is -0.545 e. The van der Waals surface area contributed by atoms with Gasteiger partial charge in [0.2, 0.25) is 0 Å². The molecule has 0 saturated heterocycles. The minimum atomic E-state index is -1.14. The van der Waals surface area contributed by atoms with Crippen LogP contribution in [0.3, 0.4) is 0 Å². The summed E-state index contributed by atoms with van der Waals surface area (Å²) in [5, 5.41) is 37.6. The van der Waals surface area contributed by atoms with Gasteiger partial charge in [-0.3, -0.25) is 0 Å². The van der Waals surface area contributed by atoms with Crippen molar-refractivity contribution >= 4 is 34.8 Å². The first-order valence-corrected chi connectivity index (χ1v) is 6.43. The molecule has 0 aromatic heterocycles. The predicted octanol–water partition coefficient (Wildman–Crippen LogP) is -3.13. The molecule has 0 amide bonds. The molecular weight excluding hydrogens is 348 g/mol. The zero-order valence-corrected chi connectivity index (χ0v) is 15.4. The molecule has 8 nitrogen and oxygen atoms in total. The van der Waals surface area contributed by atoms with Crippen LogP contribution >= 0.6 is 0 Å². The Labute approximate surface area is 151 Å². The summed E-state index contributed by atoms with van der Waals surface area (Å²) < 4.78 is 0. The topological polar surface area (TPSA) is 161 Å². The van der Waals surface area contributed by atoms with Gasteiger partial charge >= 0.3 is 11.0 Å². The van der Waals surface area contributed by atoms with Crippen molar-refractivity contribution in [3.63, 3.8) is 0 Å². The maximum atomic E-state index is 9.40. The second-order valence-electron chi connectivity index (χ2n) is 3.28. The molecule has 0 atom stereocenters. The van der Waals surface area contributed by atoms with Crippen LogP contribution in [0.5, 0.6) is 0 Å². The van der Waals surface area contributed by atoms with E-state index in [9.17, 15) is 39.6 Å². The Kier molecular flexibility index (Phi) is 39.1. The van der Waals surface area contributed by atoms with Gasteiger partial charge in [0.25, 0.3) is 0 Å². The van der Waals surface area contributed by atoms with Crippen LogP contribution in [0.15, 0.2) is 48.6 Å². The zero-order valence-electron chi connectivity index (χ0n) is 14.4. The van der Waals surface area contributed by atoms with Crippen molar-refractivity contribution in [2.45, 2.75) is 27.7 Å². The van der Waals surface area contributed by atoms with Crippen molar-refractivity contribution in [3.8, 4) is 0 Å². The molecule has 0 bridgehead atoms. The minimum absolute atomic E-state index is 0. The van der Waals surface area contributed by atoms with E-state index in [1.807, 2.05) is 0 Å². The maximum Gasteiger partial charge on any atom is 4.00 e. The van der Waals surface area contributed by atoms with E-state index in [1.165, 1.54) is 24.3 Å². The number of carbonyl (C=O) groups is 4. The largest absolute Gasteiger partial charge is 4.00 e. The van der Waals surface area contributed by atoms with Gasteiger partial charge in [-0.25, -0.2) is 0 Å². The van der Waals surface area contributed by atoms with Gasteiger partial charge in [0.1, 0.15) is 0 Å². The molecule has 0 aliphatic heterocycles. The molecule has 0 heterocycles. The molecule has 0 aliphatic carbocycles. The molecule has 0 spiro atoms. The van der Waals surface area contributed by atoms with Gasteiger partial charge in [-0.1, -0.05) is 24.3 Å². The number of rotatable bonds is 4. The van der Waals surface area contributed by atoms with Gasteiger partial charge in [0.05, 0.1) is 23.9 Å². The van der Waals surface area contributed by atoms with Gasteiger partial charge < -0.3 is 39.6 Å². The third-order valence-corrected chi connectivity index (χ3v) is 1.21. The average Bonchev–Trinajstić information content (AvgIpc) is 2.39. The van der Waals surface area contributed by atoms with Gasteiger partial charge in [-0.05, 0) is 52.0 Å². The molecule has 0 rings (SSSR count). The number of carbonyl (C=O) groups excluding carboxylic acids is 4. The molecule has 9 heteroatoms. The van der Waals surface area contributed by atoms with E-state index >= 15 is 0 Å². The Morgan fingerprint density at radius 2 is 0.600 bits per heavy atom. The van der Waals surface area contributed by atoms with Gasteiger partial charge in [-0.2, -0.15) is 0 Å². The van der Waals surface area contributed by atoms with E-state index in [0.717, 1.165) is 24.3 Å². The summed E-state index contributed by atoms with van der Waals surface area (Å²) in [7, 11) is 0. The summed E-state index contributed by atoms with van der Waals surface area (Å²) >= 11 is 0. The van der Waals surface area contributed by atoms with Crippen molar-refractivity contribution in [1.82, 2.24) is 0 Å². The second kappa shape index (κ2) is 29.1. The van der Waals surface area contributed by atoms with Crippen LogP contribution in [-0.2, 0) is 19.2 Å². The molecule has 0 fully saturated rings. The summed E-state index contributed by atoms with van der Waals surface area (Å²) in [6.07, 6.45) is 9.54. The fraction of sp³-hybridized carbons (Fsp3) is 0.250. The normalized spacial score (nSPS) is 9.12. The second-order valence-corrected chi connectivity index (χ2v) is 3.28. The third-order valence-electron chi connectivity index (χ3n) is 1.21. The molecule has 25 heavy (non-hydrogen) atoms. The fourth-order valence-corrected chi connectivity index (χ4v) is 0.544. The molecule has 0 aromatic rings. The van der Waals surface area contributed by atoms with Crippen LogP contribution in [-0.4, -0.2) is 34.8 Å². The molecule has 0 aliphatic rings. The number of carboxylic acids is 4. The summed E-state index contributed by atoms with van der Waals surface area (Å²) in [5.74, 6) is -4.56. The van der Waals surface area contributed by atoms with Crippen molar-refractivity contribution in [3.05, 3.63) is 48.6 Å². The fourth-order valence-electron chi connectivity index (χ4n) is 0.544. The number of aliphatic carboxylic acids is 4.